The topological polar surface area (TPSA) is 75.4 Å². The fraction of sp³-hybridized carbons (Fsp3) is 0.0417. The number of allylic oxidation sites excluding steroid dienone is 4. The third-order valence-corrected chi connectivity index (χ3v) is 14.4. The Labute approximate surface area is 455 Å². The Kier molecular flexibility index (Phi) is 13.2. The van der Waals surface area contributed by atoms with Crippen LogP contribution in [-0.4, -0.2) is 26.6 Å². The lowest BCUT2D eigenvalue weighted by Gasteiger charge is -2.24. The summed E-state index contributed by atoms with van der Waals surface area (Å²) >= 11 is 0. The van der Waals surface area contributed by atoms with E-state index in [2.05, 4.69) is 236 Å². The molecule has 0 spiro atoms. The highest BCUT2D eigenvalue weighted by Crippen LogP contribution is 2.36. The fourth-order valence-corrected chi connectivity index (χ4v) is 10.4. The summed E-state index contributed by atoms with van der Waals surface area (Å²) in [5.41, 5.74) is 19.7. The smallest absolute Gasteiger partial charge is 0.164 e. The molecule has 0 fully saturated rings. The van der Waals surface area contributed by atoms with Gasteiger partial charge in [-0.15, -0.1) is 0 Å². The predicted molar refractivity (Wildman–Crippen MR) is 321 cm³/mol. The lowest BCUT2D eigenvalue weighted by atomic mass is 9.91. The first kappa shape index (κ1) is 47.5. The summed E-state index contributed by atoms with van der Waals surface area (Å²) in [6.07, 6.45) is 5.99. The first-order valence-electron chi connectivity index (χ1n) is 26.5. The summed E-state index contributed by atoms with van der Waals surface area (Å²) < 4.78 is 0. The van der Waals surface area contributed by atoms with E-state index in [1.807, 2.05) is 48.5 Å². The van der Waals surface area contributed by atoms with Crippen LogP contribution in [0.3, 0.4) is 0 Å². The first-order chi connectivity index (χ1) is 38.6. The maximum atomic E-state index is 5.27. The lowest BCUT2D eigenvalue weighted by molar-refractivity contribution is 0.674. The Bertz CT molecular complexity index is 4110. The zero-order chi connectivity index (χ0) is 52.0. The highest BCUT2D eigenvalue weighted by Gasteiger charge is 2.23. The highest BCUT2D eigenvalue weighted by atomic mass is 15.2. The molecule has 1 aromatic heterocycles. The largest absolute Gasteiger partial charge is 0.344 e. The van der Waals surface area contributed by atoms with Gasteiger partial charge in [-0.2, -0.15) is 0 Å². The molecule has 10 aromatic carbocycles. The number of aromatic nitrogens is 3. The van der Waals surface area contributed by atoms with Gasteiger partial charge in [0.2, 0.25) is 0 Å². The Hall–Kier alpha value is -10.2. The van der Waals surface area contributed by atoms with E-state index in [1.54, 1.807) is 0 Å². The van der Waals surface area contributed by atoms with Crippen LogP contribution in [-0.2, 0) is 0 Å². The lowest BCUT2D eigenvalue weighted by Crippen LogP contribution is -2.33. The van der Waals surface area contributed by atoms with Crippen molar-refractivity contribution >= 4 is 22.8 Å². The van der Waals surface area contributed by atoms with Gasteiger partial charge in [-0.05, 0) is 128 Å². The quantitative estimate of drug-likeness (QED) is 0.132. The maximum absolute atomic E-state index is 5.27. The number of rotatable bonds is 12. The van der Waals surface area contributed by atoms with Crippen LogP contribution in [0.2, 0.25) is 0 Å². The molecular weight excluding hydrogens is 949 g/mol. The molecule has 1 atom stereocenters. The van der Waals surface area contributed by atoms with Crippen molar-refractivity contribution in [2.24, 2.45) is 9.98 Å². The summed E-state index contributed by atoms with van der Waals surface area (Å²) in [5.74, 6) is 3.44. The van der Waals surface area contributed by atoms with Crippen LogP contribution in [0.25, 0.3) is 89.6 Å². The molecule has 6 heteroatoms. The summed E-state index contributed by atoms with van der Waals surface area (Å²) in [4.78, 5) is 25.7. The second-order valence-electron chi connectivity index (χ2n) is 19.6. The molecule has 78 heavy (non-hydrogen) atoms. The molecule has 6 nitrogen and oxygen atoms in total. The van der Waals surface area contributed by atoms with Gasteiger partial charge in [0.25, 0.3) is 0 Å². The molecule has 2 aliphatic rings. The van der Waals surface area contributed by atoms with Crippen LogP contribution in [0.5, 0.6) is 0 Å². The van der Waals surface area contributed by atoms with Crippen LogP contribution in [0.4, 0.5) is 0 Å². The molecule has 0 saturated carbocycles. The molecule has 1 aliphatic heterocycles. The zero-order valence-corrected chi connectivity index (χ0v) is 42.8. The normalized spacial score (nSPS) is 14.1. The standard InChI is InChI=1S/C72H52N6/c1-5-20-49(21-6-1)53-28-16-38-63(45-53)69-73-67(51-24-9-3-10-25-51)75-71(77-69)65-40-18-36-61(47-65)59-34-14-32-57(43-59)55-30-13-31-56(42-55)58-33-15-35-60(44-58)62-37-19-41-66(48-62)72-76-68(52-26-11-4-12-27-52)74-70(78-72)64-39-17-29-54(46-64)50-22-7-2-8-23-50/h1-18,20-36,38-48,69H,19,37H2,(H,73,75,77). The summed E-state index contributed by atoms with van der Waals surface area (Å²) in [6.45, 7) is 0. The van der Waals surface area contributed by atoms with E-state index in [0.717, 1.165) is 102 Å². The van der Waals surface area contributed by atoms with Gasteiger partial charge in [-0.25, -0.2) is 24.9 Å². The van der Waals surface area contributed by atoms with E-state index in [4.69, 9.17) is 24.9 Å². The SMILES string of the molecule is C1=C(c2cccc(-c3cccc(-c4cccc(-c5cccc(C6=NC(c7cccc(-c8ccccc8)c7)NC(c7ccccc7)=N6)c5)c4)c3)c2)CCC=C1c1nc(-c2ccccc2)nc(-c2cccc(-c3ccccc3)c2)n1. The van der Waals surface area contributed by atoms with Crippen molar-refractivity contribution in [2.45, 2.75) is 19.0 Å². The van der Waals surface area contributed by atoms with Gasteiger partial charge in [0.05, 0.1) is 0 Å². The van der Waals surface area contributed by atoms with Crippen LogP contribution >= 0.6 is 0 Å². The van der Waals surface area contributed by atoms with Crippen LogP contribution in [0, 0.1) is 0 Å². The van der Waals surface area contributed by atoms with Crippen molar-refractivity contribution in [3.8, 4) is 78.4 Å². The molecule has 0 amide bonds. The van der Waals surface area contributed by atoms with Crippen molar-refractivity contribution in [1.82, 2.24) is 20.3 Å². The minimum atomic E-state index is -0.330. The minimum Gasteiger partial charge on any atom is -0.344 e. The molecule has 1 unspecified atom stereocenters. The first-order valence-corrected chi connectivity index (χ1v) is 26.5. The molecule has 370 valence electrons. The van der Waals surface area contributed by atoms with Gasteiger partial charge >= 0.3 is 0 Å². The van der Waals surface area contributed by atoms with Crippen molar-refractivity contribution in [3.63, 3.8) is 0 Å². The summed E-state index contributed by atoms with van der Waals surface area (Å²) in [6, 6.07) is 93.6. The summed E-state index contributed by atoms with van der Waals surface area (Å²) in [7, 11) is 0. The average molecular weight is 1000 g/mol. The van der Waals surface area contributed by atoms with Gasteiger partial charge < -0.3 is 5.32 Å². The number of nitrogens with zero attached hydrogens (tertiary/aromatic N) is 5. The predicted octanol–water partition coefficient (Wildman–Crippen LogP) is 17.3. The van der Waals surface area contributed by atoms with E-state index in [9.17, 15) is 0 Å². The number of benzene rings is 10. The van der Waals surface area contributed by atoms with Gasteiger partial charge in [-0.3, -0.25) is 0 Å². The molecule has 0 radical (unpaired) electrons. The minimum absolute atomic E-state index is 0.330. The van der Waals surface area contributed by atoms with Crippen LogP contribution in [0.1, 0.15) is 47.1 Å². The number of nitrogens with one attached hydrogen (secondary N) is 1. The second kappa shape index (κ2) is 21.6. The monoisotopic (exact) mass is 1000 g/mol. The van der Waals surface area contributed by atoms with E-state index < -0.39 is 0 Å². The van der Waals surface area contributed by atoms with Gasteiger partial charge in [0.15, 0.2) is 23.3 Å². The van der Waals surface area contributed by atoms with E-state index in [-0.39, 0.29) is 6.17 Å². The molecule has 1 N–H and O–H groups in total. The number of amidine groups is 2. The summed E-state index contributed by atoms with van der Waals surface area (Å²) in [5, 5.41) is 3.65. The van der Waals surface area contributed by atoms with E-state index >= 15 is 0 Å². The molecule has 1 aliphatic carbocycles. The molecule has 0 saturated heterocycles. The van der Waals surface area contributed by atoms with Gasteiger partial charge in [0.1, 0.15) is 12.0 Å². The molecule has 0 bridgehead atoms. The van der Waals surface area contributed by atoms with Crippen molar-refractivity contribution < 1.29 is 0 Å². The van der Waals surface area contributed by atoms with Crippen LogP contribution < -0.4 is 5.32 Å². The van der Waals surface area contributed by atoms with E-state index in [0.29, 0.717) is 23.3 Å². The zero-order valence-electron chi connectivity index (χ0n) is 42.8. The fourth-order valence-electron chi connectivity index (χ4n) is 10.4. The van der Waals surface area contributed by atoms with Crippen molar-refractivity contribution in [1.29, 1.82) is 0 Å². The van der Waals surface area contributed by atoms with Crippen molar-refractivity contribution in [3.05, 3.63) is 307 Å². The Morgan fingerprint density at radius 3 is 1.27 bits per heavy atom. The van der Waals surface area contributed by atoms with Gasteiger partial charge in [-0.1, -0.05) is 237 Å². The second-order valence-corrected chi connectivity index (χ2v) is 19.6. The molecule has 13 rings (SSSR count). The number of hydrogen-bond acceptors (Lipinski definition) is 6. The van der Waals surface area contributed by atoms with E-state index in [1.165, 1.54) is 16.7 Å². The Balaban J connectivity index is 0.781. The number of aliphatic imine (C=N–C) groups is 2. The molecular formula is C72H52N6. The average Bonchev–Trinajstić information content (AvgIpc) is 3.56. The highest BCUT2D eigenvalue weighted by molar-refractivity contribution is 6.13. The maximum Gasteiger partial charge on any atom is 0.164 e. The van der Waals surface area contributed by atoms with Crippen LogP contribution in [0.15, 0.2) is 289 Å². The van der Waals surface area contributed by atoms with Gasteiger partial charge in [0, 0.05) is 27.8 Å². The Morgan fingerprint density at radius 2 is 0.705 bits per heavy atom. The Morgan fingerprint density at radius 1 is 0.321 bits per heavy atom. The van der Waals surface area contributed by atoms with Crippen molar-refractivity contribution in [2.75, 3.05) is 0 Å². The number of hydrogen-bond donors (Lipinski definition) is 1. The third-order valence-electron chi connectivity index (χ3n) is 14.4. The third kappa shape index (κ3) is 10.3. The molecule has 2 heterocycles. The molecule has 11 aromatic rings.